The van der Waals surface area contributed by atoms with Crippen molar-refractivity contribution in [2.75, 3.05) is 7.11 Å². The highest BCUT2D eigenvalue weighted by molar-refractivity contribution is 5.08. The number of hydrogen-bond donors (Lipinski definition) is 1. The summed E-state index contributed by atoms with van der Waals surface area (Å²) in [5.74, 6) is 0.718. The molecule has 2 N–H and O–H groups in total. The molecule has 0 radical (unpaired) electrons. The van der Waals surface area contributed by atoms with Gasteiger partial charge in [-0.15, -0.1) is 0 Å². The van der Waals surface area contributed by atoms with Crippen molar-refractivity contribution in [2.24, 2.45) is 5.73 Å². The summed E-state index contributed by atoms with van der Waals surface area (Å²) in [6, 6.07) is 0. The lowest BCUT2D eigenvalue weighted by atomic mass is 10.2. The minimum Gasteiger partial charge on any atom is -0.445 e. The van der Waals surface area contributed by atoms with Crippen molar-refractivity contribution in [3.63, 3.8) is 0 Å². The van der Waals surface area contributed by atoms with Gasteiger partial charge in [-0.05, 0) is 6.92 Å². The van der Waals surface area contributed by atoms with Crippen LogP contribution in [0.1, 0.15) is 24.5 Å². The van der Waals surface area contributed by atoms with Gasteiger partial charge in [0.15, 0.2) is 12.2 Å². The van der Waals surface area contributed by atoms with Crippen LogP contribution in [-0.4, -0.2) is 12.1 Å². The van der Waals surface area contributed by atoms with Gasteiger partial charge in [0.1, 0.15) is 6.10 Å². The molecule has 0 spiro atoms. The largest absolute Gasteiger partial charge is 0.445 e. The lowest BCUT2D eigenvalue weighted by Gasteiger charge is -2.05. The van der Waals surface area contributed by atoms with Gasteiger partial charge in [-0.1, -0.05) is 0 Å². The topological polar surface area (TPSA) is 61.3 Å². The van der Waals surface area contributed by atoms with Crippen molar-refractivity contribution in [1.82, 2.24) is 4.98 Å². The summed E-state index contributed by atoms with van der Waals surface area (Å²) in [7, 11) is 1.62. The second kappa shape index (κ2) is 3.50. The fourth-order valence-electron chi connectivity index (χ4n) is 0.869. The summed E-state index contributed by atoms with van der Waals surface area (Å²) < 4.78 is 10.1. The fraction of sp³-hybridized carbons (Fsp3) is 0.571. The summed E-state index contributed by atoms with van der Waals surface area (Å²) >= 11 is 0. The number of oxazole rings is 1. The molecule has 1 rings (SSSR count). The first-order valence-corrected chi connectivity index (χ1v) is 3.44. The van der Waals surface area contributed by atoms with E-state index in [0.29, 0.717) is 6.54 Å². The number of nitrogens with two attached hydrogens (primary N) is 1. The Morgan fingerprint density at radius 3 is 3.09 bits per heavy atom. The Balaban J connectivity index is 2.83. The molecule has 0 saturated carbocycles. The summed E-state index contributed by atoms with van der Waals surface area (Å²) in [6.45, 7) is 2.28. The van der Waals surface area contributed by atoms with E-state index < -0.39 is 0 Å². The third kappa shape index (κ3) is 1.58. The summed E-state index contributed by atoms with van der Waals surface area (Å²) in [6.07, 6.45) is 1.31. The van der Waals surface area contributed by atoms with Crippen LogP contribution in [0.5, 0.6) is 0 Å². The first kappa shape index (κ1) is 8.23. The van der Waals surface area contributed by atoms with E-state index in [1.807, 2.05) is 6.92 Å². The van der Waals surface area contributed by atoms with Crippen LogP contribution in [0.15, 0.2) is 10.8 Å². The Labute approximate surface area is 65.4 Å². The molecule has 0 aliphatic rings. The summed E-state index contributed by atoms with van der Waals surface area (Å²) in [4.78, 5) is 3.93. The predicted molar refractivity (Wildman–Crippen MR) is 39.8 cm³/mol. The van der Waals surface area contributed by atoms with Crippen molar-refractivity contribution in [2.45, 2.75) is 19.6 Å². The second-order valence-corrected chi connectivity index (χ2v) is 2.25. The Morgan fingerprint density at radius 2 is 2.55 bits per heavy atom. The van der Waals surface area contributed by atoms with E-state index in [2.05, 4.69) is 4.98 Å². The average molecular weight is 156 g/mol. The van der Waals surface area contributed by atoms with E-state index >= 15 is 0 Å². The van der Waals surface area contributed by atoms with Gasteiger partial charge in [0.2, 0.25) is 0 Å². The quantitative estimate of drug-likeness (QED) is 0.704. The van der Waals surface area contributed by atoms with Crippen LogP contribution in [0.4, 0.5) is 0 Å². The van der Waals surface area contributed by atoms with E-state index in [1.54, 1.807) is 7.11 Å². The zero-order chi connectivity index (χ0) is 8.27. The predicted octanol–water partition coefficient (Wildman–Crippen LogP) is 0.841. The third-order valence-corrected chi connectivity index (χ3v) is 1.59. The Bertz CT molecular complexity index is 222. The molecule has 0 bridgehead atoms. The highest BCUT2D eigenvalue weighted by atomic mass is 16.5. The Hall–Kier alpha value is -0.870. The maximum absolute atomic E-state index is 5.41. The maximum Gasteiger partial charge on any atom is 0.181 e. The molecule has 1 aromatic heterocycles. The number of ether oxygens (including phenoxy) is 1. The highest BCUT2D eigenvalue weighted by Gasteiger charge is 2.13. The SMILES string of the molecule is COC(C)c1ocnc1CN. The minimum atomic E-state index is -0.0731. The first-order chi connectivity index (χ1) is 5.29. The van der Waals surface area contributed by atoms with Crippen LogP contribution in [-0.2, 0) is 11.3 Å². The van der Waals surface area contributed by atoms with E-state index in [-0.39, 0.29) is 6.10 Å². The van der Waals surface area contributed by atoms with Crippen LogP contribution in [0.2, 0.25) is 0 Å². The highest BCUT2D eigenvalue weighted by Crippen LogP contribution is 2.18. The molecule has 4 nitrogen and oxygen atoms in total. The molecule has 0 saturated heterocycles. The van der Waals surface area contributed by atoms with Gasteiger partial charge < -0.3 is 14.9 Å². The van der Waals surface area contributed by atoms with Gasteiger partial charge in [0.25, 0.3) is 0 Å². The van der Waals surface area contributed by atoms with Crippen LogP contribution in [0.25, 0.3) is 0 Å². The van der Waals surface area contributed by atoms with E-state index in [4.69, 9.17) is 14.9 Å². The fourth-order valence-corrected chi connectivity index (χ4v) is 0.869. The Kier molecular flexibility index (Phi) is 2.62. The van der Waals surface area contributed by atoms with E-state index in [9.17, 15) is 0 Å². The molecule has 0 fully saturated rings. The van der Waals surface area contributed by atoms with Gasteiger partial charge in [0, 0.05) is 13.7 Å². The molecule has 0 aromatic carbocycles. The summed E-state index contributed by atoms with van der Waals surface area (Å²) in [5, 5.41) is 0. The lowest BCUT2D eigenvalue weighted by Crippen LogP contribution is -2.03. The number of methoxy groups -OCH3 is 1. The van der Waals surface area contributed by atoms with Crippen molar-refractivity contribution < 1.29 is 9.15 Å². The van der Waals surface area contributed by atoms with Crippen molar-refractivity contribution in [3.8, 4) is 0 Å². The molecule has 1 heterocycles. The zero-order valence-electron chi connectivity index (χ0n) is 6.70. The molecule has 4 heteroatoms. The zero-order valence-corrected chi connectivity index (χ0v) is 6.70. The molecule has 0 aliphatic carbocycles. The van der Waals surface area contributed by atoms with Crippen molar-refractivity contribution >= 4 is 0 Å². The minimum absolute atomic E-state index is 0.0731. The van der Waals surface area contributed by atoms with Crippen LogP contribution >= 0.6 is 0 Å². The van der Waals surface area contributed by atoms with Crippen LogP contribution in [0.3, 0.4) is 0 Å². The van der Waals surface area contributed by atoms with Gasteiger partial charge in [-0.25, -0.2) is 4.98 Å². The van der Waals surface area contributed by atoms with Crippen molar-refractivity contribution in [1.29, 1.82) is 0 Å². The van der Waals surface area contributed by atoms with E-state index in [1.165, 1.54) is 6.39 Å². The third-order valence-electron chi connectivity index (χ3n) is 1.59. The standard InChI is InChI=1S/C7H12N2O2/c1-5(10-2)7-6(3-8)9-4-11-7/h4-5H,3,8H2,1-2H3. The van der Waals surface area contributed by atoms with Gasteiger partial charge in [-0.2, -0.15) is 0 Å². The van der Waals surface area contributed by atoms with E-state index in [0.717, 1.165) is 11.5 Å². The molecule has 1 atom stereocenters. The Morgan fingerprint density at radius 1 is 1.82 bits per heavy atom. The number of rotatable bonds is 3. The lowest BCUT2D eigenvalue weighted by molar-refractivity contribution is 0.0985. The smallest absolute Gasteiger partial charge is 0.181 e. The summed E-state index contributed by atoms with van der Waals surface area (Å²) in [5.41, 5.74) is 6.17. The van der Waals surface area contributed by atoms with Crippen LogP contribution in [0, 0.1) is 0 Å². The molecular formula is C7H12N2O2. The molecular weight excluding hydrogens is 144 g/mol. The average Bonchev–Trinajstić information content (AvgIpc) is 2.50. The molecule has 0 amide bonds. The molecule has 1 aromatic rings. The van der Waals surface area contributed by atoms with Crippen LogP contribution < -0.4 is 5.73 Å². The number of hydrogen-bond acceptors (Lipinski definition) is 4. The number of aromatic nitrogens is 1. The number of nitrogens with zero attached hydrogens (tertiary/aromatic N) is 1. The van der Waals surface area contributed by atoms with Gasteiger partial charge in [0.05, 0.1) is 5.69 Å². The molecule has 0 aliphatic heterocycles. The van der Waals surface area contributed by atoms with Crippen molar-refractivity contribution in [3.05, 3.63) is 17.8 Å². The van der Waals surface area contributed by atoms with Gasteiger partial charge >= 0.3 is 0 Å². The molecule has 11 heavy (non-hydrogen) atoms. The monoisotopic (exact) mass is 156 g/mol. The van der Waals surface area contributed by atoms with Gasteiger partial charge in [-0.3, -0.25) is 0 Å². The molecule has 62 valence electrons. The normalized spacial score (nSPS) is 13.4. The first-order valence-electron chi connectivity index (χ1n) is 3.44. The maximum atomic E-state index is 5.41. The molecule has 1 unspecified atom stereocenters. The second-order valence-electron chi connectivity index (χ2n) is 2.25.